The van der Waals surface area contributed by atoms with Gasteiger partial charge < -0.3 is 0 Å². The number of hydrogen-bond acceptors (Lipinski definition) is 4. The van der Waals surface area contributed by atoms with Gasteiger partial charge in [0.05, 0.1) is 5.39 Å². The van der Waals surface area contributed by atoms with Crippen LogP contribution in [-0.2, 0) is 4.79 Å². The van der Waals surface area contributed by atoms with Gasteiger partial charge in [0.25, 0.3) is 11.5 Å². The molecule has 0 saturated heterocycles. The van der Waals surface area contributed by atoms with E-state index < -0.39 is 5.91 Å². The molecule has 0 unspecified atom stereocenters. The summed E-state index contributed by atoms with van der Waals surface area (Å²) in [5, 5.41) is 6.89. The van der Waals surface area contributed by atoms with Gasteiger partial charge in [-0.1, -0.05) is 31.0 Å². The zero-order valence-electron chi connectivity index (χ0n) is 11.9. The molecule has 1 aliphatic carbocycles. The first-order valence-electron chi connectivity index (χ1n) is 7.24. The Morgan fingerprint density at radius 3 is 2.50 bits per heavy atom. The molecular weight excluding hydrogens is 284 g/mol. The molecule has 1 aromatic carbocycles. The van der Waals surface area contributed by atoms with E-state index >= 15 is 0 Å². The van der Waals surface area contributed by atoms with Crippen LogP contribution in [0.5, 0.6) is 0 Å². The van der Waals surface area contributed by atoms with Crippen molar-refractivity contribution in [2.75, 3.05) is 0 Å². The van der Waals surface area contributed by atoms with Crippen molar-refractivity contribution in [3.63, 3.8) is 0 Å². The quantitative estimate of drug-likeness (QED) is 0.716. The highest BCUT2D eigenvalue weighted by molar-refractivity contribution is 6.05. The minimum absolute atomic E-state index is 0.0411. The number of aromatic nitrogens is 2. The molecule has 7 heteroatoms. The van der Waals surface area contributed by atoms with Crippen LogP contribution in [0, 0.1) is 5.92 Å². The van der Waals surface area contributed by atoms with Gasteiger partial charge >= 0.3 is 0 Å². The Bertz CT molecular complexity index is 778. The van der Waals surface area contributed by atoms with E-state index in [2.05, 4.69) is 21.0 Å². The van der Waals surface area contributed by atoms with Gasteiger partial charge in [0.15, 0.2) is 5.69 Å². The summed E-state index contributed by atoms with van der Waals surface area (Å²) in [6, 6.07) is 6.69. The van der Waals surface area contributed by atoms with Crippen molar-refractivity contribution in [2.45, 2.75) is 25.7 Å². The van der Waals surface area contributed by atoms with Crippen LogP contribution in [-0.4, -0.2) is 22.0 Å². The molecule has 3 rings (SSSR count). The van der Waals surface area contributed by atoms with Crippen molar-refractivity contribution in [3.8, 4) is 0 Å². The predicted octanol–water partition coefficient (Wildman–Crippen LogP) is 0.874. The SMILES string of the molecule is O=C(NNC(=O)C1CCCC1)c1n[nH]c(=O)c2ccccc12. The Balaban J connectivity index is 1.76. The molecule has 0 radical (unpaired) electrons. The summed E-state index contributed by atoms with van der Waals surface area (Å²) in [5.74, 6) is -0.779. The fraction of sp³-hybridized carbons (Fsp3) is 0.333. The first-order valence-corrected chi connectivity index (χ1v) is 7.24. The van der Waals surface area contributed by atoms with Crippen LogP contribution in [0.3, 0.4) is 0 Å². The molecule has 1 fully saturated rings. The highest BCUT2D eigenvalue weighted by atomic mass is 16.2. The Labute approximate surface area is 126 Å². The van der Waals surface area contributed by atoms with E-state index in [1.807, 2.05) is 0 Å². The number of H-pyrrole nitrogens is 1. The maximum absolute atomic E-state index is 12.2. The summed E-state index contributed by atoms with van der Waals surface area (Å²) in [6.07, 6.45) is 3.78. The average Bonchev–Trinajstić information content (AvgIpc) is 3.07. The minimum atomic E-state index is -0.557. The lowest BCUT2D eigenvalue weighted by Gasteiger charge is -2.11. The van der Waals surface area contributed by atoms with Gasteiger partial charge in [-0.2, -0.15) is 5.10 Å². The van der Waals surface area contributed by atoms with E-state index in [9.17, 15) is 14.4 Å². The molecule has 114 valence electrons. The summed E-state index contributed by atoms with van der Waals surface area (Å²) in [5.41, 5.74) is 4.51. The van der Waals surface area contributed by atoms with Crippen molar-refractivity contribution in [2.24, 2.45) is 5.92 Å². The van der Waals surface area contributed by atoms with E-state index in [-0.39, 0.29) is 23.1 Å². The zero-order chi connectivity index (χ0) is 15.5. The van der Waals surface area contributed by atoms with E-state index in [1.54, 1.807) is 24.3 Å². The highest BCUT2D eigenvalue weighted by Gasteiger charge is 2.23. The smallest absolute Gasteiger partial charge is 0.273 e. The van der Waals surface area contributed by atoms with E-state index in [4.69, 9.17) is 0 Å². The van der Waals surface area contributed by atoms with Crippen LogP contribution in [0.1, 0.15) is 36.2 Å². The number of nitrogens with one attached hydrogen (secondary N) is 3. The first kappa shape index (κ1) is 14.2. The molecule has 0 bridgehead atoms. The van der Waals surface area contributed by atoms with Gasteiger partial charge in [-0.25, -0.2) is 5.10 Å². The second kappa shape index (κ2) is 5.97. The summed E-state index contributed by atoms with van der Waals surface area (Å²) >= 11 is 0. The number of fused-ring (bicyclic) bond motifs is 1. The molecule has 7 nitrogen and oxygen atoms in total. The molecule has 0 aliphatic heterocycles. The van der Waals surface area contributed by atoms with Crippen molar-refractivity contribution < 1.29 is 9.59 Å². The fourth-order valence-corrected chi connectivity index (χ4v) is 2.76. The van der Waals surface area contributed by atoms with Crippen LogP contribution >= 0.6 is 0 Å². The maximum atomic E-state index is 12.2. The number of hydrazine groups is 1. The molecule has 22 heavy (non-hydrogen) atoms. The monoisotopic (exact) mass is 300 g/mol. The third kappa shape index (κ3) is 2.69. The van der Waals surface area contributed by atoms with Crippen LogP contribution in [0.2, 0.25) is 0 Å². The van der Waals surface area contributed by atoms with Crippen molar-refractivity contribution in [3.05, 3.63) is 40.3 Å². The molecule has 0 atom stereocenters. The standard InChI is InChI=1S/C15H16N4O3/c20-13(9-5-1-2-6-9)17-19-15(22)12-10-7-3-4-8-11(10)14(21)18-16-12/h3-4,7-9H,1-2,5-6H2,(H,17,20)(H,18,21)(H,19,22). The lowest BCUT2D eigenvalue weighted by atomic mass is 10.1. The summed E-state index contributed by atoms with van der Waals surface area (Å²) in [6.45, 7) is 0. The summed E-state index contributed by atoms with van der Waals surface area (Å²) in [7, 11) is 0. The molecule has 1 aliphatic rings. The summed E-state index contributed by atoms with van der Waals surface area (Å²) in [4.78, 5) is 35.7. The predicted molar refractivity (Wildman–Crippen MR) is 79.9 cm³/mol. The van der Waals surface area contributed by atoms with E-state index in [0.717, 1.165) is 25.7 Å². The molecule has 3 N–H and O–H groups in total. The Morgan fingerprint density at radius 2 is 1.77 bits per heavy atom. The third-order valence-electron chi connectivity index (χ3n) is 3.94. The summed E-state index contributed by atoms with van der Waals surface area (Å²) < 4.78 is 0. The van der Waals surface area contributed by atoms with Gasteiger partial charge in [-0.3, -0.25) is 25.2 Å². The highest BCUT2D eigenvalue weighted by Crippen LogP contribution is 2.24. The Morgan fingerprint density at radius 1 is 1.09 bits per heavy atom. The van der Waals surface area contributed by atoms with Crippen LogP contribution < -0.4 is 16.4 Å². The van der Waals surface area contributed by atoms with Crippen molar-refractivity contribution in [1.29, 1.82) is 0 Å². The zero-order valence-corrected chi connectivity index (χ0v) is 11.9. The van der Waals surface area contributed by atoms with Gasteiger partial charge in [0.2, 0.25) is 5.91 Å². The van der Waals surface area contributed by atoms with Gasteiger partial charge in [-0.05, 0) is 18.9 Å². The number of aromatic amines is 1. The molecule has 2 amide bonds. The number of carbonyl (C=O) groups excluding carboxylic acids is 2. The fourth-order valence-electron chi connectivity index (χ4n) is 2.76. The number of amides is 2. The Kier molecular flexibility index (Phi) is 3.86. The number of carbonyl (C=O) groups is 2. The topological polar surface area (TPSA) is 104 Å². The molecule has 2 aromatic rings. The third-order valence-corrected chi connectivity index (χ3v) is 3.94. The van der Waals surface area contributed by atoms with E-state index in [1.165, 1.54) is 0 Å². The first-order chi connectivity index (χ1) is 10.7. The lowest BCUT2D eigenvalue weighted by Crippen LogP contribution is -2.44. The normalized spacial score (nSPS) is 14.9. The molecule has 1 aromatic heterocycles. The number of benzene rings is 1. The van der Waals surface area contributed by atoms with Gasteiger partial charge in [0, 0.05) is 11.3 Å². The lowest BCUT2D eigenvalue weighted by molar-refractivity contribution is -0.125. The van der Waals surface area contributed by atoms with Gasteiger partial charge in [0.1, 0.15) is 0 Å². The van der Waals surface area contributed by atoms with Crippen LogP contribution in [0.4, 0.5) is 0 Å². The average molecular weight is 300 g/mol. The van der Waals surface area contributed by atoms with Gasteiger partial charge in [-0.15, -0.1) is 0 Å². The van der Waals surface area contributed by atoms with Crippen molar-refractivity contribution in [1.82, 2.24) is 21.0 Å². The second-order valence-electron chi connectivity index (χ2n) is 5.37. The molecule has 0 spiro atoms. The number of nitrogens with zero attached hydrogens (tertiary/aromatic N) is 1. The Hall–Kier alpha value is -2.70. The molecule has 1 saturated carbocycles. The minimum Gasteiger partial charge on any atom is -0.273 e. The maximum Gasteiger partial charge on any atom is 0.290 e. The van der Waals surface area contributed by atoms with Crippen LogP contribution in [0.25, 0.3) is 10.8 Å². The molecule has 1 heterocycles. The number of rotatable bonds is 2. The van der Waals surface area contributed by atoms with Crippen LogP contribution in [0.15, 0.2) is 29.1 Å². The number of hydrogen-bond donors (Lipinski definition) is 3. The second-order valence-corrected chi connectivity index (χ2v) is 5.37. The van der Waals surface area contributed by atoms with Crippen molar-refractivity contribution >= 4 is 22.6 Å². The largest absolute Gasteiger partial charge is 0.290 e. The van der Waals surface area contributed by atoms with E-state index in [0.29, 0.717) is 10.8 Å². The molecular formula is C15H16N4O3.